The van der Waals surface area contributed by atoms with Crippen LogP contribution in [0.4, 0.5) is 0 Å². The lowest BCUT2D eigenvalue weighted by Crippen LogP contribution is -2.46. The molecule has 1 aliphatic carbocycles. The average molecular weight is 241 g/mol. The summed E-state index contributed by atoms with van der Waals surface area (Å²) in [6, 6.07) is 0.185. The van der Waals surface area contributed by atoms with E-state index in [0.717, 1.165) is 6.54 Å². The van der Waals surface area contributed by atoms with Crippen molar-refractivity contribution < 1.29 is 4.79 Å². The largest absolute Gasteiger partial charge is 0.352 e. The van der Waals surface area contributed by atoms with Gasteiger partial charge in [-0.05, 0) is 32.9 Å². The van der Waals surface area contributed by atoms with Gasteiger partial charge in [0, 0.05) is 25.6 Å². The zero-order valence-electron chi connectivity index (χ0n) is 11.2. The number of amides is 1. The van der Waals surface area contributed by atoms with E-state index in [1.165, 1.54) is 32.1 Å². The highest BCUT2D eigenvalue weighted by Gasteiger charge is 2.23. The molecular weight excluding hydrogens is 214 g/mol. The Balaban J connectivity index is 2.32. The van der Waals surface area contributed by atoms with E-state index in [-0.39, 0.29) is 11.9 Å². The molecular formula is C13H27N3O. The van der Waals surface area contributed by atoms with Crippen molar-refractivity contribution in [1.82, 2.24) is 10.2 Å². The molecule has 1 fully saturated rings. The van der Waals surface area contributed by atoms with Crippen LogP contribution in [0.1, 0.15) is 38.5 Å². The van der Waals surface area contributed by atoms with Gasteiger partial charge in [-0.3, -0.25) is 4.79 Å². The molecule has 0 aromatic heterocycles. The molecule has 17 heavy (non-hydrogen) atoms. The number of nitrogens with two attached hydrogens (primary N) is 1. The highest BCUT2D eigenvalue weighted by Crippen LogP contribution is 2.26. The molecule has 4 heteroatoms. The van der Waals surface area contributed by atoms with Gasteiger partial charge in [-0.2, -0.15) is 0 Å². The first-order valence-electron chi connectivity index (χ1n) is 6.77. The van der Waals surface area contributed by atoms with E-state index in [1.807, 2.05) is 19.0 Å². The second-order valence-corrected chi connectivity index (χ2v) is 5.36. The number of hydrogen-bond donors (Lipinski definition) is 2. The number of hydrogen-bond acceptors (Lipinski definition) is 3. The van der Waals surface area contributed by atoms with Gasteiger partial charge in [0.1, 0.15) is 0 Å². The molecule has 1 atom stereocenters. The van der Waals surface area contributed by atoms with Gasteiger partial charge in [0.2, 0.25) is 5.91 Å². The Morgan fingerprint density at radius 1 is 1.35 bits per heavy atom. The Hall–Kier alpha value is -0.610. The predicted octanol–water partition coefficient (Wildman–Crippen LogP) is 0.962. The van der Waals surface area contributed by atoms with Crippen LogP contribution >= 0.6 is 0 Å². The van der Waals surface area contributed by atoms with Gasteiger partial charge < -0.3 is 16.0 Å². The summed E-state index contributed by atoms with van der Waals surface area (Å²) in [4.78, 5) is 13.8. The molecule has 4 nitrogen and oxygen atoms in total. The van der Waals surface area contributed by atoms with E-state index in [1.54, 1.807) is 0 Å². The standard InChI is InChI=1S/C13H27N3O/c1-16(2)9-8-13(17)15-12(10-14)11-6-4-3-5-7-11/h11-12H,3-10,14H2,1-2H3,(H,15,17). The topological polar surface area (TPSA) is 58.4 Å². The Labute approximate surface area is 105 Å². The first-order chi connectivity index (χ1) is 8.13. The molecule has 100 valence electrons. The van der Waals surface area contributed by atoms with Crippen LogP contribution in [-0.2, 0) is 4.79 Å². The van der Waals surface area contributed by atoms with Crippen molar-refractivity contribution in [2.24, 2.45) is 11.7 Å². The summed E-state index contributed by atoms with van der Waals surface area (Å²) in [5, 5.41) is 3.10. The van der Waals surface area contributed by atoms with Crippen LogP contribution in [0.15, 0.2) is 0 Å². The molecule has 0 spiro atoms. The second-order valence-electron chi connectivity index (χ2n) is 5.36. The Kier molecular flexibility index (Phi) is 6.52. The monoisotopic (exact) mass is 241 g/mol. The van der Waals surface area contributed by atoms with Gasteiger partial charge in [0.15, 0.2) is 0 Å². The van der Waals surface area contributed by atoms with Crippen LogP contribution in [0.25, 0.3) is 0 Å². The number of carbonyl (C=O) groups excluding carboxylic acids is 1. The van der Waals surface area contributed by atoms with Crippen LogP contribution in [0.5, 0.6) is 0 Å². The van der Waals surface area contributed by atoms with Crippen molar-refractivity contribution in [1.29, 1.82) is 0 Å². The van der Waals surface area contributed by atoms with Gasteiger partial charge in [-0.1, -0.05) is 19.3 Å². The maximum absolute atomic E-state index is 11.8. The summed E-state index contributed by atoms with van der Waals surface area (Å²) in [6.07, 6.45) is 6.91. The highest BCUT2D eigenvalue weighted by molar-refractivity contribution is 5.76. The minimum absolute atomic E-state index is 0.139. The van der Waals surface area contributed by atoms with Crippen LogP contribution in [0, 0.1) is 5.92 Å². The smallest absolute Gasteiger partial charge is 0.221 e. The van der Waals surface area contributed by atoms with Crippen LogP contribution in [0.3, 0.4) is 0 Å². The average Bonchev–Trinajstić information content (AvgIpc) is 2.34. The summed E-state index contributed by atoms with van der Waals surface area (Å²) in [6.45, 7) is 1.37. The molecule has 0 radical (unpaired) electrons. The third-order valence-corrected chi connectivity index (χ3v) is 3.61. The second kappa shape index (κ2) is 7.67. The van der Waals surface area contributed by atoms with Crippen LogP contribution in [0.2, 0.25) is 0 Å². The normalized spacial score (nSPS) is 19.3. The predicted molar refractivity (Wildman–Crippen MR) is 70.7 cm³/mol. The first-order valence-corrected chi connectivity index (χ1v) is 6.77. The van der Waals surface area contributed by atoms with Gasteiger partial charge in [0.25, 0.3) is 0 Å². The minimum Gasteiger partial charge on any atom is -0.352 e. The lowest BCUT2D eigenvalue weighted by molar-refractivity contribution is -0.122. The van der Waals surface area contributed by atoms with Gasteiger partial charge in [-0.25, -0.2) is 0 Å². The van der Waals surface area contributed by atoms with Crippen molar-refractivity contribution in [2.45, 2.75) is 44.6 Å². The van der Waals surface area contributed by atoms with Crippen molar-refractivity contribution in [3.05, 3.63) is 0 Å². The Morgan fingerprint density at radius 3 is 2.53 bits per heavy atom. The summed E-state index contributed by atoms with van der Waals surface area (Å²) in [7, 11) is 3.96. The fourth-order valence-corrected chi connectivity index (χ4v) is 2.51. The quantitative estimate of drug-likeness (QED) is 0.728. The fourth-order valence-electron chi connectivity index (χ4n) is 2.51. The third-order valence-electron chi connectivity index (χ3n) is 3.61. The molecule has 3 N–H and O–H groups in total. The zero-order chi connectivity index (χ0) is 12.7. The van der Waals surface area contributed by atoms with E-state index < -0.39 is 0 Å². The fraction of sp³-hybridized carbons (Fsp3) is 0.923. The molecule has 0 aromatic rings. The summed E-state index contributed by atoms with van der Waals surface area (Å²) >= 11 is 0. The van der Waals surface area contributed by atoms with E-state index in [4.69, 9.17) is 5.73 Å². The van der Waals surface area contributed by atoms with Gasteiger partial charge in [0.05, 0.1) is 0 Å². The Morgan fingerprint density at radius 2 is 2.00 bits per heavy atom. The molecule has 0 bridgehead atoms. The third kappa shape index (κ3) is 5.50. The number of rotatable bonds is 6. The van der Waals surface area contributed by atoms with Crippen LogP contribution < -0.4 is 11.1 Å². The number of nitrogens with zero attached hydrogens (tertiary/aromatic N) is 1. The molecule has 1 aliphatic rings. The van der Waals surface area contributed by atoms with E-state index in [2.05, 4.69) is 5.32 Å². The molecule has 1 amide bonds. The highest BCUT2D eigenvalue weighted by atomic mass is 16.1. The zero-order valence-corrected chi connectivity index (χ0v) is 11.2. The minimum atomic E-state index is 0.139. The molecule has 1 rings (SSSR count). The van der Waals surface area contributed by atoms with Crippen molar-refractivity contribution >= 4 is 5.91 Å². The van der Waals surface area contributed by atoms with E-state index in [9.17, 15) is 4.79 Å². The molecule has 0 saturated heterocycles. The van der Waals surface area contributed by atoms with Crippen molar-refractivity contribution in [3.8, 4) is 0 Å². The molecule has 0 aromatic carbocycles. The Bertz CT molecular complexity index is 225. The molecule has 0 heterocycles. The molecule has 0 aliphatic heterocycles. The summed E-state index contributed by atoms with van der Waals surface area (Å²) in [5.74, 6) is 0.733. The van der Waals surface area contributed by atoms with E-state index in [0.29, 0.717) is 18.9 Å². The van der Waals surface area contributed by atoms with E-state index >= 15 is 0 Å². The molecule has 1 saturated carbocycles. The van der Waals surface area contributed by atoms with Crippen molar-refractivity contribution in [3.63, 3.8) is 0 Å². The summed E-state index contributed by atoms with van der Waals surface area (Å²) in [5.41, 5.74) is 5.78. The maximum atomic E-state index is 11.8. The molecule has 1 unspecified atom stereocenters. The number of carbonyl (C=O) groups is 1. The SMILES string of the molecule is CN(C)CCC(=O)NC(CN)C1CCCCC1. The summed E-state index contributed by atoms with van der Waals surface area (Å²) < 4.78 is 0. The van der Waals surface area contributed by atoms with Gasteiger partial charge >= 0.3 is 0 Å². The van der Waals surface area contributed by atoms with Crippen LogP contribution in [-0.4, -0.2) is 44.0 Å². The lowest BCUT2D eigenvalue weighted by atomic mass is 9.84. The number of nitrogens with one attached hydrogen (secondary N) is 1. The lowest BCUT2D eigenvalue weighted by Gasteiger charge is -2.30. The van der Waals surface area contributed by atoms with Gasteiger partial charge in [-0.15, -0.1) is 0 Å². The van der Waals surface area contributed by atoms with Crippen molar-refractivity contribution in [2.75, 3.05) is 27.2 Å². The first kappa shape index (κ1) is 14.5. The maximum Gasteiger partial charge on any atom is 0.221 e.